The van der Waals surface area contributed by atoms with Gasteiger partial charge in [0.05, 0.1) is 11.3 Å². The number of rotatable bonds is 3. The Morgan fingerprint density at radius 2 is 2.29 bits per heavy atom. The van der Waals surface area contributed by atoms with Gasteiger partial charge in [0.25, 0.3) is 0 Å². The van der Waals surface area contributed by atoms with E-state index < -0.39 is 37.1 Å². The third-order valence-corrected chi connectivity index (χ3v) is 2.59. The van der Waals surface area contributed by atoms with Crippen LogP contribution in [0.5, 0.6) is 0 Å². The van der Waals surface area contributed by atoms with Crippen molar-refractivity contribution in [2.45, 2.75) is 27.0 Å². The minimum atomic E-state index is -3.01. The number of hydrogen-bond donors (Lipinski definition) is 0. The fourth-order valence-corrected chi connectivity index (χ4v) is 1.51. The lowest BCUT2D eigenvalue weighted by Crippen LogP contribution is -2.22. The Morgan fingerprint density at radius 3 is 2.79 bits per heavy atom. The minimum Gasteiger partial charge on any atom is -0.299 e. The zero-order valence-corrected chi connectivity index (χ0v) is 8.48. The van der Waals surface area contributed by atoms with Crippen LogP contribution in [0.3, 0.4) is 0 Å². The lowest BCUT2D eigenvalue weighted by atomic mass is 9.88. The topological polar surface area (TPSA) is 34.1 Å². The molecule has 14 heavy (non-hydrogen) atoms. The van der Waals surface area contributed by atoms with Crippen molar-refractivity contribution >= 4 is 22.9 Å². The van der Waals surface area contributed by atoms with Gasteiger partial charge in [-0.25, -0.2) is 0 Å². The summed E-state index contributed by atoms with van der Waals surface area (Å²) >= 11 is 1.12. The summed E-state index contributed by atoms with van der Waals surface area (Å²) in [7, 11) is 0. The van der Waals surface area contributed by atoms with E-state index in [2.05, 4.69) is 0 Å². The molecule has 0 unspecified atom stereocenters. The van der Waals surface area contributed by atoms with Crippen molar-refractivity contribution in [1.82, 2.24) is 0 Å². The quantitative estimate of drug-likeness (QED) is 0.575. The molecule has 1 rings (SSSR count). The molecule has 0 spiro atoms. The third-order valence-electron chi connectivity index (χ3n) is 1.67. The second kappa shape index (κ2) is 4.05. The minimum absolute atomic E-state index is 0.303. The maximum absolute atomic E-state index is 12.1. The van der Waals surface area contributed by atoms with E-state index in [0.717, 1.165) is 18.3 Å². The van der Waals surface area contributed by atoms with Crippen LogP contribution in [0.4, 0.5) is 0 Å². The Balaban J connectivity index is 3.06. The molecule has 1 aromatic heterocycles. The molecule has 0 radical (unpaired) electrons. The molecule has 0 atom stereocenters. The molecule has 76 valence electrons. The summed E-state index contributed by atoms with van der Waals surface area (Å²) in [4.78, 5) is 24.3. The Morgan fingerprint density at radius 1 is 1.57 bits per heavy atom. The van der Waals surface area contributed by atoms with Gasteiger partial charge in [0.15, 0.2) is 5.78 Å². The number of carbonyl (C=O) groups excluding carboxylic acids is 2. The number of hydrogen-bond acceptors (Lipinski definition) is 3. The van der Waals surface area contributed by atoms with Gasteiger partial charge in [0.1, 0.15) is 5.78 Å². The molecule has 0 saturated carbocycles. The fraction of sp³-hybridized carbons (Fsp3) is 0.455. The Labute approximate surface area is 96.4 Å². The summed E-state index contributed by atoms with van der Waals surface area (Å²) < 4.78 is 44.0. The maximum atomic E-state index is 12.1. The SMILES string of the molecule is [2H]C([2H])([2H])C(C)(C(=O)CC(=O)c1cccs1)C([2H])([2H])[2H]. The predicted molar refractivity (Wildman–Crippen MR) is 57.7 cm³/mol. The summed E-state index contributed by atoms with van der Waals surface area (Å²) in [5.41, 5.74) is -2.55. The molecule has 0 aliphatic heterocycles. The van der Waals surface area contributed by atoms with Gasteiger partial charge < -0.3 is 0 Å². The van der Waals surface area contributed by atoms with Gasteiger partial charge >= 0.3 is 0 Å². The smallest absolute Gasteiger partial charge is 0.180 e. The highest BCUT2D eigenvalue weighted by Crippen LogP contribution is 2.19. The first-order valence-corrected chi connectivity index (χ1v) is 4.89. The van der Waals surface area contributed by atoms with E-state index in [1.54, 1.807) is 11.4 Å². The Hall–Kier alpha value is -0.960. The van der Waals surface area contributed by atoms with E-state index in [1.807, 2.05) is 0 Å². The van der Waals surface area contributed by atoms with Gasteiger partial charge in [0, 0.05) is 13.6 Å². The zero-order valence-electron chi connectivity index (χ0n) is 13.7. The summed E-state index contributed by atoms with van der Waals surface area (Å²) in [6, 6.07) is 3.12. The van der Waals surface area contributed by atoms with Crippen LogP contribution >= 0.6 is 11.3 Å². The largest absolute Gasteiger partial charge is 0.299 e. The lowest BCUT2D eigenvalue weighted by Gasteiger charge is -2.15. The zero-order chi connectivity index (χ0) is 15.8. The normalized spacial score (nSPS) is 19.5. The predicted octanol–water partition coefficient (Wildman–Crippen LogP) is 2.94. The van der Waals surface area contributed by atoms with Crippen LogP contribution in [-0.4, -0.2) is 11.6 Å². The van der Waals surface area contributed by atoms with E-state index in [9.17, 15) is 9.59 Å². The average Bonchev–Trinajstić information content (AvgIpc) is 2.77. The molecule has 0 aliphatic carbocycles. The molecule has 0 fully saturated rings. The van der Waals surface area contributed by atoms with Crippen LogP contribution in [0.25, 0.3) is 0 Å². The standard InChI is InChI=1S/C11H14O2S/c1-11(2,3)10(13)7-8(12)9-5-4-6-14-9/h4-6H,7H2,1-3H3/i1D3,2D3. The Bertz CT molecular complexity index is 486. The molecule has 3 heteroatoms. The highest BCUT2D eigenvalue weighted by atomic mass is 32.1. The number of ketones is 2. The highest BCUT2D eigenvalue weighted by molar-refractivity contribution is 7.12. The van der Waals surface area contributed by atoms with Gasteiger partial charge in [-0.05, 0) is 11.4 Å². The van der Waals surface area contributed by atoms with Gasteiger partial charge in [0.2, 0.25) is 0 Å². The van der Waals surface area contributed by atoms with Gasteiger partial charge in [-0.3, -0.25) is 9.59 Å². The number of Topliss-reactive ketones (excluding diaryl/α,β-unsaturated/α-hetero) is 2. The second-order valence-corrected chi connectivity index (χ2v) is 4.07. The first kappa shape index (κ1) is 5.21. The summed E-state index contributed by atoms with van der Waals surface area (Å²) in [6.45, 7) is -5.15. The van der Waals surface area contributed by atoms with Crippen molar-refractivity contribution in [3.8, 4) is 0 Å². The van der Waals surface area contributed by atoms with Crippen molar-refractivity contribution in [1.29, 1.82) is 0 Å². The summed E-state index contributed by atoms with van der Waals surface area (Å²) in [6.07, 6.45) is -0.728. The van der Waals surface area contributed by atoms with Crippen LogP contribution < -0.4 is 0 Å². The van der Waals surface area contributed by atoms with Crippen molar-refractivity contribution in [3.63, 3.8) is 0 Å². The van der Waals surface area contributed by atoms with Crippen LogP contribution in [0.1, 0.15) is 44.9 Å². The van der Waals surface area contributed by atoms with Crippen LogP contribution in [0.2, 0.25) is 0 Å². The van der Waals surface area contributed by atoms with Crippen molar-refractivity contribution in [3.05, 3.63) is 22.4 Å². The molecule has 0 saturated heterocycles. The summed E-state index contributed by atoms with van der Waals surface area (Å²) in [5.74, 6) is -1.65. The fourth-order valence-electron chi connectivity index (χ4n) is 0.847. The number of thiophene rings is 1. The molecule has 0 amide bonds. The first-order chi connectivity index (χ1) is 8.91. The summed E-state index contributed by atoms with van der Waals surface area (Å²) in [5, 5.41) is 1.64. The van der Waals surface area contributed by atoms with Crippen molar-refractivity contribution < 1.29 is 17.8 Å². The molecule has 2 nitrogen and oxygen atoms in total. The number of carbonyl (C=O) groups is 2. The van der Waals surface area contributed by atoms with Crippen molar-refractivity contribution in [2.75, 3.05) is 0 Å². The van der Waals surface area contributed by atoms with Crippen LogP contribution in [-0.2, 0) is 4.79 Å². The maximum Gasteiger partial charge on any atom is 0.180 e. The third kappa shape index (κ3) is 2.77. The lowest BCUT2D eigenvalue weighted by molar-refractivity contribution is -0.125. The molecule has 0 N–H and O–H groups in total. The van der Waals surface area contributed by atoms with E-state index in [4.69, 9.17) is 8.22 Å². The molecule has 1 heterocycles. The van der Waals surface area contributed by atoms with Gasteiger partial charge in [-0.1, -0.05) is 26.7 Å². The van der Waals surface area contributed by atoms with E-state index in [-0.39, 0.29) is 0 Å². The van der Waals surface area contributed by atoms with Crippen LogP contribution in [0.15, 0.2) is 17.5 Å². The first-order valence-electron chi connectivity index (χ1n) is 7.01. The highest BCUT2D eigenvalue weighted by Gasteiger charge is 2.24. The molecular weight excluding hydrogens is 196 g/mol. The second-order valence-electron chi connectivity index (χ2n) is 3.13. The molecule has 1 aromatic rings. The monoisotopic (exact) mass is 216 g/mol. The Kier molecular flexibility index (Phi) is 1.51. The van der Waals surface area contributed by atoms with Gasteiger partial charge in [-0.2, -0.15) is 0 Å². The molecular formula is C11H14O2S. The van der Waals surface area contributed by atoms with E-state index in [0.29, 0.717) is 4.88 Å². The van der Waals surface area contributed by atoms with E-state index >= 15 is 0 Å². The molecule has 0 aromatic carbocycles. The van der Waals surface area contributed by atoms with E-state index in [1.165, 1.54) is 6.07 Å². The molecule has 0 aliphatic rings. The average molecular weight is 216 g/mol. The van der Waals surface area contributed by atoms with Gasteiger partial charge in [-0.15, -0.1) is 11.3 Å². The molecule has 0 bridgehead atoms. The van der Waals surface area contributed by atoms with Crippen LogP contribution in [0, 0.1) is 5.41 Å². The van der Waals surface area contributed by atoms with Crippen molar-refractivity contribution in [2.24, 2.45) is 5.41 Å².